The second kappa shape index (κ2) is 5.06. The standard InChI is InChI=1S/C11H16ClN3O2/c1-8-10(6-14(2)13-8)11(16)15-3-4-17-7-9(15)5-12/h6,9H,3-5,7H2,1-2H3. The van der Waals surface area contributed by atoms with Crippen molar-refractivity contribution < 1.29 is 9.53 Å². The SMILES string of the molecule is Cc1nn(C)cc1C(=O)N1CCOCC1CCl. The normalized spacial score (nSPS) is 20.6. The van der Waals surface area contributed by atoms with Crippen molar-refractivity contribution in [3.63, 3.8) is 0 Å². The van der Waals surface area contributed by atoms with Crippen LogP contribution in [0.15, 0.2) is 6.20 Å². The van der Waals surface area contributed by atoms with Gasteiger partial charge in [-0.3, -0.25) is 9.48 Å². The van der Waals surface area contributed by atoms with Gasteiger partial charge in [0, 0.05) is 25.7 Å². The van der Waals surface area contributed by atoms with Crippen LogP contribution < -0.4 is 0 Å². The van der Waals surface area contributed by atoms with E-state index in [2.05, 4.69) is 5.10 Å². The van der Waals surface area contributed by atoms with Gasteiger partial charge in [-0.2, -0.15) is 5.10 Å². The Balaban J connectivity index is 2.21. The smallest absolute Gasteiger partial charge is 0.257 e. The average Bonchev–Trinajstić information content (AvgIpc) is 2.67. The molecule has 1 aromatic rings. The van der Waals surface area contributed by atoms with Crippen molar-refractivity contribution in [2.24, 2.45) is 7.05 Å². The van der Waals surface area contributed by atoms with Crippen molar-refractivity contribution in [2.45, 2.75) is 13.0 Å². The number of morpholine rings is 1. The monoisotopic (exact) mass is 257 g/mol. The first-order valence-electron chi connectivity index (χ1n) is 5.58. The number of halogens is 1. The van der Waals surface area contributed by atoms with Gasteiger partial charge in [-0.05, 0) is 6.92 Å². The summed E-state index contributed by atoms with van der Waals surface area (Å²) in [5, 5.41) is 4.18. The third-order valence-corrected chi connectivity index (χ3v) is 3.27. The first kappa shape index (κ1) is 12.4. The number of rotatable bonds is 2. The van der Waals surface area contributed by atoms with E-state index in [9.17, 15) is 4.79 Å². The van der Waals surface area contributed by atoms with Crippen LogP contribution in [-0.4, -0.2) is 52.3 Å². The molecular formula is C11H16ClN3O2. The number of carbonyl (C=O) groups is 1. The van der Waals surface area contributed by atoms with Crippen LogP contribution in [0.1, 0.15) is 16.1 Å². The minimum atomic E-state index is -0.0440. The number of amides is 1. The van der Waals surface area contributed by atoms with E-state index in [4.69, 9.17) is 16.3 Å². The van der Waals surface area contributed by atoms with E-state index < -0.39 is 0 Å². The van der Waals surface area contributed by atoms with Crippen LogP contribution in [0.5, 0.6) is 0 Å². The average molecular weight is 258 g/mol. The van der Waals surface area contributed by atoms with E-state index in [1.165, 1.54) is 0 Å². The lowest BCUT2D eigenvalue weighted by Gasteiger charge is -2.34. The van der Waals surface area contributed by atoms with Crippen LogP contribution in [0.3, 0.4) is 0 Å². The highest BCUT2D eigenvalue weighted by Gasteiger charge is 2.29. The van der Waals surface area contributed by atoms with Gasteiger partial charge in [0.1, 0.15) is 0 Å². The molecule has 1 aliphatic heterocycles. The molecule has 2 heterocycles. The molecule has 0 aromatic carbocycles. The first-order chi connectivity index (χ1) is 8.13. The maximum atomic E-state index is 12.4. The maximum absolute atomic E-state index is 12.4. The summed E-state index contributed by atoms with van der Waals surface area (Å²) in [5.41, 5.74) is 1.39. The molecule has 17 heavy (non-hydrogen) atoms. The Labute approximate surface area is 105 Å². The van der Waals surface area contributed by atoms with Crippen molar-refractivity contribution in [1.82, 2.24) is 14.7 Å². The summed E-state index contributed by atoms with van der Waals surface area (Å²) in [6.45, 7) is 3.50. The zero-order chi connectivity index (χ0) is 12.4. The number of aromatic nitrogens is 2. The van der Waals surface area contributed by atoms with Gasteiger partial charge in [0.05, 0.1) is 30.5 Å². The Morgan fingerprint density at radius 3 is 3.06 bits per heavy atom. The van der Waals surface area contributed by atoms with Crippen molar-refractivity contribution in [3.05, 3.63) is 17.5 Å². The molecule has 0 radical (unpaired) electrons. The fourth-order valence-corrected chi connectivity index (χ4v) is 2.27. The van der Waals surface area contributed by atoms with Crippen LogP contribution in [0.2, 0.25) is 0 Å². The quantitative estimate of drug-likeness (QED) is 0.737. The molecule has 0 N–H and O–H groups in total. The van der Waals surface area contributed by atoms with Crippen LogP contribution in [-0.2, 0) is 11.8 Å². The molecule has 1 amide bonds. The lowest BCUT2D eigenvalue weighted by atomic mass is 10.2. The fraction of sp³-hybridized carbons (Fsp3) is 0.636. The third kappa shape index (κ3) is 2.45. The Morgan fingerprint density at radius 1 is 1.71 bits per heavy atom. The van der Waals surface area contributed by atoms with E-state index in [0.29, 0.717) is 31.2 Å². The van der Waals surface area contributed by atoms with Gasteiger partial charge in [-0.25, -0.2) is 0 Å². The largest absolute Gasteiger partial charge is 0.377 e. The molecule has 2 rings (SSSR count). The summed E-state index contributed by atoms with van der Waals surface area (Å²) in [6.07, 6.45) is 1.75. The fourth-order valence-electron chi connectivity index (χ4n) is 2.01. The van der Waals surface area contributed by atoms with Crippen molar-refractivity contribution in [1.29, 1.82) is 0 Å². The highest BCUT2D eigenvalue weighted by molar-refractivity contribution is 6.18. The van der Waals surface area contributed by atoms with E-state index in [-0.39, 0.29) is 11.9 Å². The van der Waals surface area contributed by atoms with E-state index in [0.717, 1.165) is 5.69 Å². The van der Waals surface area contributed by atoms with Gasteiger partial charge in [0.15, 0.2) is 0 Å². The van der Waals surface area contributed by atoms with Gasteiger partial charge in [-0.15, -0.1) is 11.6 Å². The summed E-state index contributed by atoms with van der Waals surface area (Å²) < 4.78 is 6.98. The van der Waals surface area contributed by atoms with Gasteiger partial charge in [-0.1, -0.05) is 0 Å². The number of nitrogens with zero attached hydrogens (tertiary/aromatic N) is 3. The van der Waals surface area contributed by atoms with Gasteiger partial charge in [0.25, 0.3) is 5.91 Å². The van der Waals surface area contributed by atoms with Crippen molar-refractivity contribution in [2.75, 3.05) is 25.6 Å². The number of hydrogen-bond donors (Lipinski definition) is 0. The lowest BCUT2D eigenvalue weighted by molar-refractivity contribution is 0.00451. The minimum absolute atomic E-state index is 0.00968. The molecule has 5 nitrogen and oxygen atoms in total. The van der Waals surface area contributed by atoms with Crippen LogP contribution in [0.25, 0.3) is 0 Å². The number of carbonyl (C=O) groups excluding carboxylic acids is 1. The predicted molar refractivity (Wildman–Crippen MR) is 64.3 cm³/mol. The Bertz CT molecular complexity index is 419. The van der Waals surface area contributed by atoms with Crippen LogP contribution >= 0.6 is 11.6 Å². The molecule has 0 spiro atoms. The first-order valence-corrected chi connectivity index (χ1v) is 6.12. The maximum Gasteiger partial charge on any atom is 0.257 e. The molecule has 1 aliphatic rings. The Kier molecular flexibility index (Phi) is 3.69. The summed E-state index contributed by atoms with van der Waals surface area (Å²) in [5.74, 6) is 0.384. The second-order valence-electron chi connectivity index (χ2n) is 4.18. The number of aryl methyl sites for hydroxylation is 2. The molecule has 1 unspecified atom stereocenters. The topological polar surface area (TPSA) is 47.4 Å². The van der Waals surface area contributed by atoms with E-state index in [1.807, 2.05) is 14.0 Å². The number of alkyl halides is 1. The summed E-state index contributed by atoms with van der Waals surface area (Å²) in [4.78, 5) is 14.1. The van der Waals surface area contributed by atoms with Crippen LogP contribution in [0, 0.1) is 6.92 Å². The molecule has 1 atom stereocenters. The zero-order valence-corrected chi connectivity index (χ0v) is 10.8. The second-order valence-corrected chi connectivity index (χ2v) is 4.49. The number of ether oxygens (including phenoxy) is 1. The minimum Gasteiger partial charge on any atom is -0.377 e. The highest BCUT2D eigenvalue weighted by atomic mass is 35.5. The molecule has 1 fully saturated rings. The molecule has 0 bridgehead atoms. The van der Waals surface area contributed by atoms with E-state index >= 15 is 0 Å². The van der Waals surface area contributed by atoms with Crippen LogP contribution in [0.4, 0.5) is 0 Å². The molecule has 1 aromatic heterocycles. The van der Waals surface area contributed by atoms with E-state index in [1.54, 1.807) is 15.8 Å². The molecule has 0 saturated carbocycles. The number of hydrogen-bond acceptors (Lipinski definition) is 3. The van der Waals surface area contributed by atoms with Crippen molar-refractivity contribution in [3.8, 4) is 0 Å². The molecule has 0 aliphatic carbocycles. The van der Waals surface area contributed by atoms with Gasteiger partial charge >= 0.3 is 0 Å². The van der Waals surface area contributed by atoms with Crippen molar-refractivity contribution >= 4 is 17.5 Å². The third-order valence-electron chi connectivity index (χ3n) is 2.91. The molecule has 94 valence electrons. The summed E-state index contributed by atoms with van der Waals surface area (Å²) in [7, 11) is 1.81. The summed E-state index contributed by atoms with van der Waals surface area (Å²) >= 11 is 5.86. The summed E-state index contributed by atoms with van der Waals surface area (Å²) in [6, 6.07) is -0.0440. The van der Waals surface area contributed by atoms with Gasteiger partial charge < -0.3 is 9.64 Å². The zero-order valence-electron chi connectivity index (χ0n) is 10.0. The molecule has 1 saturated heterocycles. The lowest BCUT2D eigenvalue weighted by Crippen LogP contribution is -2.49. The van der Waals surface area contributed by atoms with Gasteiger partial charge in [0.2, 0.25) is 0 Å². The molecular weight excluding hydrogens is 242 g/mol. The Morgan fingerprint density at radius 2 is 2.47 bits per heavy atom. The molecule has 6 heteroatoms. The predicted octanol–water partition coefficient (Wildman–Crippen LogP) is 0.808. The Hall–Kier alpha value is -1.07. The highest BCUT2D eigenvalue weighted by Crippen LogP contribution is 2.15.